The van der Waals surface area contributed by atoms with Crippen LogP contribution in [0.15, 0.2) is 72.8 Å². The molecule has 3 rings (SSSR count). The van der Waals surface area contributed by atoms with Crippen LogP contribution in [0.2, 0.25) is 0 Å². The Morgan fingerprint density at radius 3 is 1.62 bits per heavy atom. The van der Waals surface area contributed by atoms with Gasteiger partial charge in [-0.2, -0.15) is 0 Å². The first kappa shape index (κ1) is 18.5. The molecule has 132 valence electrons. The van der Waals surface area contributed by atoms with Crippen molar-refractivity contribution in [1.29, 1.82) is 0 Å². The third kappa shape index (κ3) is 4.61. The van der Waals surface area contributed by atoms with E-state index < -0.39 is 11.8 Å². The maximum absolute atomic E-state index is 10.6. The van der Waals surface area contributed by atoms with E-state index in [0.717, 1.165) is 5.56 Å². The van der Waals surface area contributed by atoms with Gasteiger partial charge in [-0.05, 0) is 35.9 Å². The molecule has 2 amide bonds. The van der Waals surface area contributed by atoms with Gasteiger partial charge in [0.25, 0.3) is 0 Å². The quantitative estimate of drug-likeness (QED) is 0.542. The van der Waals surface area contributed by atoms with Gasteiger partial charge < -0.3 is 21.7 Å². The van der Waals surface area contributed by atoms with Crippen LogP contribution in [0.4, 0.5) is 0 Å². The summed E-state index contributed by atoms with van der Waals surface area (Å²) in [5, 5.41) is 18.9. The monoisotopic (exact) mass is 350 g/mol. The summed E-state index contributed by atoms with van der Waals surface area (Å²) in [5.74, 6) is -1.21. The summed E-state index contributed by atoms with van der Waals surface area (Å²) in [6, 6.07) is 20.2. The number of aromatic hydroxyl groups is 2. The van der Waals surface area contributed by atoms with E-state index in [9.17, 15) is 19.8 Å². The molecule has 0 spiro atoms. The standard InChI is InChI=1S/C12H10O2.C8H8N2O2/c13-11-8-4-7-10(12(11)14)9-5-2-1-3-6-9;9-7(11)5-1-2-6(4-3-5)8(10)12/h1-8,13-14H;1-4H,(H2,9,11)(H2,10,12). The van der Waals surface area contributed by atoms with E-state index in [0.29, 0.717) is 16.7 Å². The number of phenolic OH excluding ortho intramolecular Hbond substituents is 2. The first-order valence-corrected chi connectivity index (χ1v) is 7.66. The van der Waals surface area contributed by atoms with E-state index >= 15 is 0 Å². The fourth-order valence-electron chi connectivity index (χ4n) is 2.18. The molecule has 0 bridgehead atoms. The van der Waals surface area contributed by atoms with Gasteiger partial charge in [0, 0.05) is 16.7 Å². The Morgan fingerprint density at radius 2 is 1.15 bits per heavy atom. The van der Waals surface area contributed by atoms with Crippen molar-refractivity contribution in [2.75, 3.05) is 0 Å². The van der Waals surface area contributed by atoms with Gasteiger partial charge in [0.1, 0.15) is 0 Å². The van der Waals surface area contributed by atoms with Crippen molar-refractivity contribution in [1.82, 2.24) is 0 Å². The first-order valence-electron chi connectivity index (χ1n) is 7.66. The van der Waals surface area contributed by atoms with Gasteiger partial charge in [0.2, 0.25) is 11.8 Å². The van der Waals surface area contributed by atoms with E-state index in [4.69, 9.17) is 11.5 Å². The number of carbonyl (C=O) groups is 2. The van der Waals surface area contributed by atoms with Gasteiger partial charge in [0.05, 0.1) is 0 Å². The van der Waals surface area contributed by atoms with Gasteiger partial charge in [-0.1, -0.05) is 42.5 Å². The van der Waals surface area contributed by atoms with E-state index in [2.05, 4.69) is 0 Å². The molecule has 3 aromatic carbocycles. The molecule has 0 saturated heterocycles. The van der Waals surface area contributed by atoms with Crippen LogP contribution in [0.1, 0.15) is 20.7 Å². The summed E-state index contributed by atoms with van der Waals surface area (Å²) >= 11 is 0. The number of para-hydroxylation sites is 1. The van der Waals surface area contributed by atoms with Crippen LogP contribution in [0.5, 0.6) is 11.5 Å². The highest BCUT2D eigenvalue weighted by Crippen LogP contribution is 2.35. The first-order chi connectivity index (χ1) is 12.4. The SMILES string of the molecule is NC(=O)c1ccc(C(N)=O)cc1.Oc1cccc(-c2ccccc2)c1O. The summed E-state index contributed by atoms with van der Waals surface area (Å²) < 4.78 is 0. The highest BCUT2D eigenvalue weighted by atomic mass is 16.3. The van der Waals surface area contributed by atoms with Crippen molar-refractivity contribution in [2.24, 2.45) is 11.5 Å². The fraction of sp³-hybridized carbons (Fsp3) is 0. The van der Waals surface area contributed by atoms with Crippen LogP contribution in [0.25, 0.3) is 11.1 Å². The van der Waals surface area contributed by atoms with Gasteiger partial charge in [-0.15, -0.1) is 0 Å². The number of hydrogen-bond acceptors (Lipinski definition) is 4. The number of amides is 2. The Bertz CT molecular complexity index is 874. The van der Waals surface area contributed by atoms with Gasteiger partial charge in [0.15, 0.2) is 11.5 Å². The highest BCUT2D eigenvalue weighted by molar-refractivity contribution is 5.96. The number of phenols is 2. The number of primary amides is 2. The second-order valence-corrected chi connectivity index (χ2v) is 5.35. The van der Waals surface area contributed by atoms with Crippen LogP contribution in [-0.4, -0.2) is 22.0 Å². The minimum absolute atomic E-state index is 0.0706. The molecule has 6 heteroatoms. The van der Waals surface area contributed by atoms with Gasteiger partial charge in [-0.25, -0.2) is 0 Å². The Kier molecular flexibility index (Phi) is 5.95. The predicted molar refractivity (Wildman–Crippen MR) is 98.7 cm³/mol. The van der Waals surface area contributed by atoms with Crippen molar-refractivity contribution >= 4 is 11.8 Å². The van der Waals surface area contributed by atoms with E-state index in [1.165, 1.54) is 30.3 Å². The zero-order valence-corrected chi connectivity index (χ0v) is 13.8. The molecule has 3 aromatic rings. The maximum atomic E-state index is 10.6. The molecule has 6 N–H and O–H groups in total. The van der Waals surface area contributed by atoms with E-state index in [1.807, 2.05) is 30.3 Å². The molecule has 0 fully saturated rings. The molecule has 6 nitrogen and oxygen atoms in total. The predicted octanol–water partition coefficient (Wildman–Crippen LogP) is 2.65. The van der Waals surface area contributed by atoms with Crippen LogP contribution in [0.3, 0.4) is 0 Å². The van der Waals surface area contributed by atoms with Crippen molar-refractivity contribution in [3.8, 4) is 22.6 Å². The van der Waals surface area contributed by atoms with Crippen LogP contribution in [-0.2, 0) is 0 Å². The largest absolute Gasteiger partial charge is 0.504 e. The summed E-state index contributed by atoms with van der Waals surface area (Å²) in [6.07, 6.45) is 0. The van der Waals surface area contributed by atoms with E-state index in [1.54, 1.807) is 12.1 Å². The average Bonchev–Trinajstić information content (AvgIpc) is 2.65. The number of rotatable bonds is 3. The molecule has 0 aliphatic heterocycles. The number of carbonyl (C=O) groups excluding carboxylic acids is 2. The smallest absolute Gasteiger partial charge is 0.248 e. The number of benzene rings is 3. The molecular weight excluding hydrogens is 332 g/mol. The van der Waals surface area contributed by atoms with Crippen LogP contribution in [0, 0.1) is 0 Å². The minimum atomic E-state index is -0.522. The molecule has 0 aromatic heterocycles. The zero-order valence-electron chi connectivity index (χ0n) is 13.8. The lowest BCUT2D eigenvalue weighted by molar-refractivity contribution is 0.0988. The molecule has 0 heterocycles. The molecule has 0 aliphatic carbocycles. The maximum Gasteiger partial charge on any atom is 0.248 e. The Morgan fingerprint density at radius 1 is 0.654 bits per heavy atom. The summed E-state index contributed by atoms with van der Waals surface area (Å²) in [7, 11) is 0. The fourth-order valence-corrected chi connectivity index (χ4v) is 2.18. The second-order valence-electron chi connectivity index (χ2n) is 5.35. The average molecular weight is 350 g/mol. The lowest BCUT2D eigenvalue weighted by atomic mass is 10.0. The normalized spacial score (nSPS) is 9.69. The topological polar surface area (TPSA) is 127 Å². The Balaban J connectivity index is 0.000000190. The van der Waals surface area contributed by atoms with Crippen LogP contribution >= 0.6 is 0 Å². The molecule has 26 heavy (non-hydrogen) atoms. The molecule has 0 unspecified atom stereocenters. The summed E-state index contributed by atoms with van der Waals surface area (Å²) in [6.45, 7) is 0. The number of nitrogens with two attached hydrogens (primary N) is 2. The van der Waals surface area contributed by atoms with Gasteiger partial charge >= 0.3 is 0 Å². The zero-order chi connectivity index (χ0) is 19.1. The van der Waals surface area contributed by atoms with E-state index in [-0.39, 0.29) is 11.5 Å². The highest BCUT2D eigenvalue weighted by Gasteiger charge is 2.06. The second kappa shape index (κ2) is 8.34. The van der Waals surface area contributed by atoms with Crippen molar-refractivity contribution in [2.45, 2.75) is 0 Å². The molecule has 0 aliphatic rings. The number of hydrogen-bond donors (Lipinski definition) is 4. The third-order valence-electron chi connectivity index (χ3n) is 3.55. The Hall–Kier alpha value is -3.80. The minimum Gasteiger partial charge on any atom is -0.504 e. The lowest BCUT2D eigenvalue weighted by Crippen LogP contribution is -2.13. The van der Waals surface area contributed by atoms with Crippen molar-refractivity contribution < 1.29 is 19.8 Å². The third-order valence-corrected chi connectivity index (χ3v) is 3.55. The van der Waals surface area contributed by atoms with Gasteiger partial charge in [-0.3, -0.25) is 9.59 Å². The Labute approximate surface area is 150 Å². The van der Waals surface area contributed by atoms with Crippen molar-refractivity contribution in [3.05, 3.63) is 83.9 Å². The van der Waals surface area contributed by atoms with Crippen LogP contribution < -0.4 is 11.5 Å². The molecule has 0 radical (unpaired) electrons. The molecule has 0 saturated carbocycles. The van der Waals surface area contributed by atoms with Crippen molar-refractivity contribution in [3.63, 3.8) is 0 Å². The molecule has 0 atom stereocenters. The summed E-state index contributed by atoms with van der Waals surface area (Å²) in [4.78, 5) is 21.2. The molecular formula is C20H18N2O4. The lowest BCUT2D eigenvalue weighted by Gasteiger charge is -2.05. The summed E-state index contributed by atoms with van der Waals surface area (Å²) in [5.41, 5.74) is 12.2.